The van der Waals surface area contributed by atoms with E-state index in [-0.39, 0.29) is 11.2 Å². The summed E-state index contributed by atoms with van der Waals surface area (Å²) in [5.74, 6) is 0. The standard InChI is InChI=1S/C18H24N6O3/c1-3-4-17-16(13-19-22-11-9-21(2)10-12-22)18(25)23(20-17)14-5-7-15(8-6-14)24(26)27/h5-8,13,20H,3-4,9-12H2,1-2H3. The lowest BCUT2D eigenvalue weighted by molar-refractivity contribution is -0.384. The molecule has 1 aliphatic heterocycles. The van der Waals surface area contributed by atoms with E-state index in [0.29, 0.717) is 11.3 Å². The maximum absolute atomic E-state index is 12.9. The van der Waals surface area contributed by atoms with Crippen molar-refractivity contribution in [2.75, 3.05) is 33.2 Å². The molecule has 1 N–H and O–H groups in total. The molecule has 2 heterocycles. The van der Waals surface area contributed by atoms with E-state index in [1.807, 2.05) is 11.9 Å². The number of rotatable bonds is 6. The molecule has 0 amide bonds. The SMILES string of the molecule is CCCc1[nH]n(-c2ccc([N+](=O)[O-])cc2)c(=O)c1C=NN1CCN(C)CC1. The molecular weight excluding hydrogens is 348 g/mol. The van der Waals surface area contributed by atoms with Gasteiger partial charge in [0.25, 0.3) is 11.2 Å². The number of aryl methyl sites for hydroxylation is 1. The minimum absolute atomic E-state index is 0.0102. The van der Waals surface area contributed by atoms with Crippen molar-refractivity contribution in [2.45, 2.75) is 19.8 Å². The Balaban J connectivity index is 1.89. The molecule has 1 saturated heterocycles. The van der Waals surface area contributed by atoms with E-state index in [1.54, 1.807) is 18.3 Å². The maximum Gasteiger partial charge on any atom is 0.280 e. The van der Waals surface area contributed by atoms with Crippen molar-refractivity contribution < 1.29 is 4.92 Å². The van der Waals surface area contributed by atoms with Crippen LogP contribution in [0.5, 0.6) is 0 Å². The molecule has 1 aromatic carbocycles. The molecule has 0 unspecified atom stereocenters. The van der Waals surface area contributed by atoms with Gasteiger partial charge in [-0.3, -0.25) is 25.0 Å². The topological polar surface area (TPSA) is 99.8 Å². The van der Waals surface area contributed by atoms with Gasteiger partial charge < -0.3 is 4.90 Å². The molecule has 9 nitrogen and oxygen atoms in total. The molecule has 0 atom stereocenters. The predicted molar refractivity (Wildman–Crippen MR) is 104 cm³/mol. The van der Waals surface area contributed by atoms with Crippen LogP contribution in [0.2, 0.25) is 0 Å². The first-order chi connectivity index (χ1) is 13.0. The molecule has 1 aliphatic rings. The van der Waals surface area contributed by atoms with E-state index in [9.17, 15) is 14.9 Å². The fourth-order valence-electron chi connectivity index (χ4n) is 3.03. The summed E-state index contributed by atoms with van der Waals surface area (Å²) in [5, 5.41) is 20.4. The van der Waals surface area contributed by atoms with Crippen molar-refractivity contribution in [1.29, 1.82) is 0 Å². The van der Waals surface area contributed by atoms with Crippen molar-refractivity contribution in [3.63, 3.8) is 0 Å². The van der Waals surface area contributed by atoms with Gasteiger partial charge in [0.1, 0.15) is 0 Å². The molecule has 3 rings (SSSR count). The number of nitrogens with zero attached hydrogens (tertiary/aromatic N) is 5. The van der Waals surface area contributed by atoms with Gasteiger partial charge in [-0.2, -0.15) is 5.10 Å². The zero-order valence-corrected chi connectivity index (χ0v) is 15.6. The van der Waals surface area contributed by atoms with Crippen molar-refractivity contribution in [3.8, 4) is 5.69 Å². The Bertz CT molecular complexity index is 875. The Morgan fingerprint density at radius 3 is 2.48 bits per heavy atom. The van der Waals surface area contributed by atoms with E-state index in [2.05, 4.69) is 22.1 Å². The lowest BCUT2D eigenvalue weighted by Crippen LogP contribution is -2.41. The highest BCUT2D eigenvalue weighted by molar-refractivity contribution is 5.80. The van der Waals surface area contributed by atoms with E-state index in [0.717, 1.165) is 44.7 Å². The number of benzene rings is 1. The van der Waals surface area contributed by atoms with Gasteiger partial charge in [0.05, 0.1) is 22.4 Å². The number of piperazine rings is 1. The molecule has 144 valence electrons. The van der Waals surface area contributed by atoms with Crippen molar-refractivity contribution >= 4 is 11.9 Å². The minimum atomic E-state index is -0.460. The molecule has 0 aliphatic carbocycles. The highest BCUT2D eigenvalue weighted by Gasteiger charge is 2.16. The Kier molecular flexibility index (Phi) is 5.70. The van der Waals surface area contributed by atoms with E-state index in [1.165, 1.54) is 16.8 Å². The van der Waals surface area contributed by atoms with Gasteiger partial charge in [0.2, 0.25) is 0 Å². The number of H-pyrrole nitrogens is 1. The number of hydrogen-bond donors (Lipinski definition) is 1. The monoisotopic (exact) mass is 372 g/mol. The Morgan fingerprint density at radius 2 is 1.89 bits per heavy atom. The first-order valence-corrected chi connectivity index (χ1v) is 9.05. The summed E-state index contributed by atoms with van der Waals surface area (Å²) < 4.78 is 1.42. The molecule has 0 bridgehead atoms. The van der Waals surface area contributed by atoms with Crippen LogP contribution in [0.4, 0.5) is 5.69 Å². The molecule has 2 aromatic rings. The van der Waals surface area contributed by atoms with Crippen LogP contribution in [0.3, 0.4) is 0 Å². The Labute approximate surface area is 157 Å². The molecule has 9 heteroatoms. The largest absolute Gasteiger partial charge is 0.303 e. The first kappa shape index (κ1) is 18.8. The lowest BCUT2D eigenvalue weighted by atomic mass is 10.2. The first-order valence-electron chi connectivity index (χ1n) is 9.05. The number of nitro groups is 1. The summed E-state index contributed by atoms with van der Waals surface area (Å²) in [6.07, 6.45) is 3.24. The Hall–Kier alpha value is -2.94. The van der Waals surface area contributed by atoms with Gasteiger partial charge in [0, 0.05) is 44.0 Å². The number of hydrogen-bond acceptors (Lipinski definition) is 6. The summed E-state index contributed by atoms with van der Waals surface area (Å²) in [4.78, 5) is 25.5. The normalized spacial score (nSPS) is 15.6. The third-order valence-corrected chi connectivity index (χ3v) is 4.65. The van der Waals surface area contributed by atoms with E-state index < -0.39 is 4.92 Å². The van der Waals surface area contributed by atoms with Gasteiger partial charge in [-0.15, -0.1) is 0 Å². The van der Waals surface area contributed by atoms with Crippen molar-refractivity contribution in [3.05, 3.63) is 56.0 Å². The van der Waals surface area contributed by atoms with Crippen LogP contribution in [0.1, 0.15) is 24.6 Å². The van der Waals surface area contributed by atoms with E-state index >= 15 is 0 Å². The van der Waals surface area contributed by atoms with Gasteiger partial charge >= 0.3 is 0 Å². The highest BCUT2D eigenvalue weighted by Crippen LogP contribution is 2.15. The van der Waals surface area contributed by atoms with Crippen LogP contribution in [0, 0.1) is 10.1 Å². The molecule has 0 saturated carbocycles. The fourth-order valence-corrected chi connectivity index (χ4v) is 3.03. The summed E-state index contributed by atoms with van der Waals surface area (Å²) in [5.41, 5.74) is 1.70. The second-order valence-corrected chi connectivity index (χ2v) is 6.67. The van der Waals surface area contributed by atoms with Crippen LogP contribution in [0.25, 0.3) is 5.69 Å². The van der Waals surface area contributed by atoms with Gasteiger partial charge in [-0.05, 0) is 25.6 Å². The summed E-state index contributed by atoms with van der Waals surface area (Å²) in [6, 6.07) is 5.90. The minimum Gasteiger partial charge on any atom is -0.303 e. The average Bonchev–Trinajstić information content (AvgIpc) is 2.97. The number of aromatic nitrogens is 2. The summed E-state index contributed by atoms with van der Waals surface area (Å²) in [6.45, 7) is 5.59. The smallest absolute Gasteiger partial charge is 0.280 e. The van der Waals surface area contributed by atoms with Crippen molar-refractivity contribution in [1.82, 2.24) is 19.7 Å². The zero-order valence-electron chi connectivity index (χ0n) is 15.6. The Morgan fingerprint density at radius 1 is 1.22 bits per heavy atom. The fraction of sp³-hybridized carbons (Fsp3) is 0.444. The molecule has 1 aromatic heterocycles. The molecule has 27 heavy (non-hydrogen) atoms. The average molecular weight is 372 g/mol. The van der Waals surface area contributed by atoms with Gasteiger partial charge in [-0.1, -0.05) is 13.3 Å². The van der Waals surface area contributed by atoms with Gasteiger partial charge in [0.15, 0.2) is 0 Å². The van der Waals surface area contributed by atoms with Crippen LogP contribution in [-0.4, -0.2) is 64.1 Å². The second kappa shape index (κ2) is 8.17. The lowest BCUT2D eigenvalue weighted by Gasteiger charge is -2.30. The molecule has 0 radical (unpaired) electrons. The van der Waals surface area contributed by atoms with Crippen LogP contribution in [0.15, 0.2) is 34.2 Å². The second-order valence-electron chi connectivity index (χ2n) is 6.67. The summed E-state index contributed by atoms with van der Waals surface area (Å²) in [7, 11) is 2.08. The third-order valence-electron chi connectivity index (χ3n) is 4.65. The van der Waals surface area contributed by atoms with E-state index in [4.69, 9.17) is 0 Å². The van der Waals surface area contributed by atoms with Gasteiger partial charge in [-0.25, -0.2) is 4.68 Å². The zero-order chi connectivity index (χ0) is 19.4. The maximum atomic E-state index is 12.9. The third kappa shape index (κ3) is 4.25. The van der Waals surface area contributed by atoms with Crippen LogP contribution < -0.4 is 5.56 Å². The molecule has 0 spiro atoms. The summed E-state index contributed by atoms with van der Waals surface area (Å²) >= 11 is 0. The molecular formula is C18H24N6O3. The van der Waals surface area contributed by atoms with Crippen LogP contribution in [-0.2, 0) is 6.42 Å². The molecule has 1 fully saturated rings. The number of aromatic amines is 1. The number of likely N-dealkylation sites (N-methyl/N-ethyl adjacent to an activating group) is 1. The quantitative estimate of drug-likeness (QED) is 0.472. The highest BCUT2D eigenvalue weighted by atomic mass is 16.6. The predicted octanol–water partition coefficient (Wildman–Crippen LogP) is 1.61. The van der Waals surface area contributed by atoms with Crippen LogP contribution >= 0.6 is 0 Å². The number of nitro benzene ring substituents is 1. The number of hydrazone groups is 1. The van der Waals surface area contributed by atoms with Crippen molar-refractivity contribution in [2.24, 2.45) is 5.10 Å². The number of nitrogens with one attached hydrogen (secondary N) is 1. The number of non-ortho nitro benzene ring substituents is 1.